The highest BCUT2D eigenvalue weighted by Gasteiger charge is 2.55. The van der Waals surface area contributed by atoms with Crippen molar-refractivity contribution in [2.24, 2.45) is 0 Å². The number of ether oxygens (including phenoxy) is 3. The van der Waals surface area contributed by atoms with E-state index in [1.807, 2.05) is 19.9 Å². The normalized spacial score (nSPS) is 24.3. The van der Waals surface area contributed by atoms with E-state index in [0.717, 1.165) is 5.56 Å². The number of benzene rings is 2. The van der Waals surface area contributed by atoms with Crippen molar-refractivity contribution in [3.05, 3.63) is 71.0 Å². The van der Waals surface area contributed by atoms with E-state index >= 15 is 0 Å². The van der Waals surface area contributed by atoms with Gasteiger partial charge in [-0.15, -0.1) is 0 Å². The number of hydrogen-bond acceptors (Lipinski definition) is 7. The van der Waals surface area contributed by atoms with Crippen LogP contribution in [0.25, 0.3) is 5.57 Å². The van der Waals surface area contributed by atoms with Crippen LogP contribution in [-0.2, 0) is 31.9 Å². The summed E-state index contributed by atoms with van der Waals surface area (Å²) in [7, 11) is 1.20. The molecule has 0 saturated heterocycles. The average Bonchev–Trinajstić information content (AvgIpc) is 2.99. The molecule has 0 aliphatic carbocycles. The van der Waals surface area contributed by atoms with Gasteiger partial charge in [0.2, 0.25) is 11.4 Å². The van der Waals surface area contributed by atoms with Gasteiger partial charge >= 0.3 is 11.9 Å². The number of hydrogen-bond donors (Lipinski definition) is 2. The van der Waals surface area contributed by atoms with Crippen molar-refractivity contribution in [2.75, 3.05) is 7.11 Å². The second kappa shape index (κ2) is 7.42. The molecule has 0 saturated carbocycles. The van der Waals surface area contributed by atoms with E-state index in [-0.39, 0.29) is 12.0 Å². The van der Waals surface area contributed by atoms with Crippen LogP contribution in [0.2, 0.25) is 0 Å². The third-order valence-corrected chi connectivity index (χ3v) is 5.85. The number of carbonyl (C=O) groups is 2. The predicted octanol–water partition coefficient (Wildman–Crippen LogP) is 2.74. The highest BCUT2D eigenvalue weighted by atomic mass is 16.6. The average molecular weight is 424 g/mol. The molecule has 31 heavy (non-hydrogen) atoms. The number of methoxy groups -OCH3 is 1. The molecule has 2 aliphatic heterocycles. The predicted molar refractivity (Wildman–Crippen MR) is 111 cm³/mol. The Morgan fingerprint density at radius 1 is 1.16 bits per heavy atom. The van der Waals surface area contributed by atoms with Gasteiger partial charge in [0.25, 0.3) is 0 Å². The molecule has 4 rings (SSSR count). The van der Waals surface area contributed by atoms with Crippen LogP contribution in [0, 0.1) is 0 Å². The van der Waals surface area contributed by atoms with Crippen LogP contribution < -0.4 is 4.74 Å². The summed E-state index contributed by atoms with van der Waals surface area (Å²) in [5.41, 5.74) is -0.551. The Hall–Kier alpha value is -3.32. The van der Waals surface area contributed by atoms with Crippen molar-refractivity contribution in [3.8, 4) is 5.75 Å². The molecule has 0 unspecified atom stereocenters. The van der Waals surface area contributed by atoms with Crippen LogP contribution in [0.4, 0.5) is 0 Å². The van der Waals surface area contributed by atoms with Crippen molar-refractivity contribution in [2.45, 2.75) is 44.0 Å². The molecule has 0 radical (unpaired) electrons. The maximum atomic E-state index is 12.9. The first kappa shape index (κ1) is 20.9. The van der Waals surface area contributed by atoms with Crippen LogP contribution in [0.5, 0.6) is 5.75 Å². The molecule has 7 heteroatoms. The summed E-state index contributed by atoms with van der Waals surface area (Å²) in [5.74, 6) is -1.74. The molecule has 2 N–H and O–H groups in total. The Balaban J connectivity index is 1.78. The molecule has 0 spiro atoms. The zero-order chi connectivity index (χ0) is 22.4. The van der Waals surface area contributed by atoms with Gasteiger partial charge in [-0.05, 0) is 36.6 Å². The summed E-state index contributed by atoms with van der Waals surface area (Å²) < 4.78 is 16.4. The van der Waals surface area contributed by atoms with Crippen LogP contribution >= 0.6 is 0 Å². The van der Waals surface area contributed by atoms with Gasteiger partial charge in [0, 0.05) is 12.8 Å². The molecule has 0 aromatic heterocycles. The fourth-order valence-corrected chi connectivity index (χ4v) is 4.13. The lowest BCUT2D eigenvalue weighted by molar-refractivity contribution is -0.169. The third kappa shape index (κ3) is 3.45. The summed E-state index contributed by atoms with van der Waals surface area (Å²) >= 11 is 0. The maximum Gasteiger partial charge on any atom is 0.375 e. The molecular formula is C24H24O7. The Bertz CT molecular complexity index is 1070. The fourth-order valence-electron chi connectivity index (χ4n) is 4.13. The van der Waals surface area contributed by atoms with Gasteiger partial charge in [0.15, 0.2) is 0 Å². The van der Waals surface area contributed by atoms with E-state index in [2.05, 4.69) is 0 Å². The first-order valence-electron chi connectivity index (χ1n) is 9.98. The first-order valence-corrected chi connectivity index (χ1v) is 9.98. The number of fused-ring (bicyclic) bond motifs is 1. The lowest BCUT2D eigenvalue weighted by Crippen LogP contribution is -2.46. The van der Waals surface area contributed by atoms with E-state index in [4.69, 9.17) is 14.2 Å². The molecule has 2 atom stereocenters. The summed E-state index contributed by atoms with van der Waals surface area (Å²) in [6.07, 6.45) is -0.363. The molecule has 2 aliphatic rings. The summed E-state index contributed by atoms with van der Waals surface area (Å²) in [4.78, 5) is 25.3. The Morgan fingerprint density at radius 3 is 2.55 bits per heavy atom. The highest BCUT2D eigenvalue weighted by molar-refractivity contribution is 6.11. The molecule has 2 aromatic carbocycles. The van der Waals surface area contributed by atoms with Gasteiger partial charge in [0.05, 0.1) is 18.8 Å². The van der Waals surface area contributed by atoms with Crippen LogP contribution in [-0.4, -0.2) is 46.6 Å². The van der Waals surface area contributed by atoms with Gasteiger partial charge in [-0.2, -0.15) is 0 Å². The number of cyclic esters (lactones) is 1. The van der Waals surface area contributed by atoms with E-state index < -0.39 is 35.0 Å². The quantitative estimate of drug-likeness (QED) is 0.728. The van der Waals surface area contributed by atoms with Gasteiger partial charge in [-0.25, -0.2) is 9.59 Å². The lowest BCUT2D eigenvalue weighted by atomic mass is 9.82. The summed E-state index contributed by atoms with van der Waals surface area (Å²) in [6, 6.07) is 14.0. The zero-order valence-corrected chi connectivity index (χ0v) is 17.5. The van der Waals surface area contributed by atoms with Crippen LogP contribution in [0.3, 0.4) is 0 Å². The maximum absolute atomic E-state index is 12.9. The minimum Gasteiger partial charge on any atom is -0.502 e. The Morgan fingerprint density at radius 2 is 1.87 bits per heavy atom. The topological polar surface area (TPSA) is 102 Å². The van der Waals surface area contributed by atoms with Crippen LogP contribution in [0.1, 0.15) is 30.5 Å². The van der Waals surface area contributed by atoms with Crippen molar-refractivity contribution in [1.29, 1.82) is 0 Å². The van der Waals surface area contributed by atoms with Crippen LogP contribution in [0.15, 0.2) is 54.3 Å². The molecule has 2 aromatic rings. The number of rotatable bonds is 4. The molecule has 0 bridgehead atoms. The molecule has 7 nitrogen and oxygen atoms in total. The SMILES string of the molecule is COC(=O)[C@]1(Cc2ccc3c(c2)C[C@@H](O)C(C)(C)O3)OC(=O)C(O)=C1c1ccccc1. The highest BCUT2D eigenvalue weighted by Crippen LogP contribution is 2.43. The van der Waals surface area contributed by atoms with Crippen molar-refractivity contribution >= 4 is 17.5 Å². The van der Waals surface area contributed by atoms with Crippen molar-refractivity contribution in [3.63, 3.8) is 0 Å². The molecular weight excluding hydrogens is 400 g/mol. The Labute approximate surface area is 179 Å². The summed E-state index contributed by atoms with van der Waals surface area (Å²) in [6.45, 7) is 3.64. The number of carbonyl (C=O) groups excluding carboxylic acids is 2. The van der Waals surface area contributed by atoms with Gasteiger partial charge in [-0.3, -0.25) is 0 Å². The minimum absolute atomic E-state index is 0.0491. The first-order chi connectivity index (χ1) is 14.7. The second-order valence-electron chi connectivity index (χ2n) is 8.34. The standard InChI is InChI=1S/C24H24O7/c1-23(2)18(25)12-16-11-14(9-10-17(16)30-23)13-24(22(28)29-3)19(20(26)21(27)31-24)15-7-5-4-6-8-15/h4-11,18,25-26H,12-13H2,1-3H3/t18-,24-/m1/s1. The number of aliphatic hydroxyl groups is 2. The van der Waals surface area contributed by atoms with E-state index in [1.165, 1.54) is 7.11 Å². The van der Waals surface area contributed by atoms with E-state index in [0.29, 0.717) is 23.3 Å². The summed E-state index contributed by atoms with van der Waals surface area (Å²) in [5, 5.41) is 20.9. The van der Waals surface area contributed by atoms with E-state index in [1.54, 1.807) is 42.5 Å². The third-order valence-electron chi connectivity index (χ3n) is 5.85. The minimum atomic E-state index is -1.83. The number of aliphatic hydroxyl groups excluding tert-OH is 2. The molecule has 162 valence electrons. The van der Waals surface area contributed by atoms with Gasteiger partial charge < -0.3 is 24.4 Å². The van der Waals surface area contributed by atoms with Crippen molar-refractivity contribution < 1.29 is 34.0 Å². The lowest BCUT2D eigenvalue weighted by Gasteiger charge is -2.37. The molecule has 0 amide bonds. The Kier molecular flexibility index (Phi) is 5.01. The van der Waals surface area contributed by atoms with E-state index in [9.17, 15) is 19.8 Å². The molecule has 2 heterocycles. The fraction of sp³-hybridized carbons (Fsp3) is 0.333. The van der Waals surface area contributed by atoms with Gasteiger partial charge in [0.1, 0.15) is 11.4 Å². The molecule has 0 fully saturated rings. The van der Waals surface area contributed by atoms with Gasteiger partial charge in [-0.1, -0.05) is 42.5 Å². The zero-order valence-electron chi connectivity index (χ0n) is 17.5. The smallest absolute Gasteiger partial charge is 0.375 e. The number of esters is 2. The van der Waals surface area contributed by atoms with Crippen molar-refractivity contribution in [1.82, 2.24) is 0 Å². The largest absolute Gasteiger partial charge is 0.502 e. The second-order valence-corrected chi connectivity index (χ2v) is 8.34. The monoisotopic (exact) mass is 424 g/mol.